The molecule has 0 radical (unpaired) electrons. The molecule has 90 valence electrons. The largest absolute Gasteiger partial charge is 0.497 e. The molecule has 2 aromatic rings. The average molecular weight is 238 g/mol. The van der Waals surface area contributed by atoms with Crippen molar-refractivity contribution in [3.8, 4) is 16.9 Å². The molecule has 2 heteroatoms. The number of hydrogen-bond acceptors (Lipinski definition) is 2. The zero-order chi connectivity index (χ0) is 12.9. The predicted molar refractivity (Wildman–Crippen MR) is 71.3 cm³/mol. The topological polar surface area (TPSA) is 26.3 Å². The predicted octanol–water partition coefficient (Wildman–Crippen LogP) is 3.52. The molecule has 0 saturated carbocycles. The number of ketones is 1. The van der Waals surface area contributed by atoms with Crippen molar-refractivity contribution < 1.29 is 9.53 Å². The molecule has 0 bridgehead atoms. The average Bonchev–Trinajstić information content (AvgIpc) is 2.62. The molecule has 0 fully saturated rings. The summed E-state index contributed by atoms with van der Waals surface area (Å²) in [7, 11) is 1.61. The van der Waals surface area contributed by atoms with Gasteiger partial charge in [0.15, 0.2) is 5.78 Å². The highest BCUT2D eigenvalue weighted by Gasteiger charge is 2.28. The van der Waals surface area contributed by atoms with Gasteiger partial charge in [0.2, 0.25) is 0 Å². The number of hydrogen-bond donors (Lipinski definition) is 0. The van der Waals surface area contributed by atoms with Gasteiger partial charge in [-0.05, 0) is 48.7 Å². The molecule has 0 N–H and O–H groups in total. The summed E-state index contributed by atoms with van der Waals surface area (Å²) in [6.07, 6.45) is 0. The van der Waals surface area contributed by atoms with Gasteiger partial charge in [-0.3, -0.25) is 4.79 Å². The highest BCUT2D eigenvalue weighted by atomic mass is 16.5. The van der Waals surface area contributed by atoms with Gasteiger partial charge in [0.05, 0.1) is 7.11 Å². The Balaban J connectivity index is 2.32. The fraction of sp³-hybridized carbons (Fsp3) is 0.188. The van der Waals surface area contributed by atoms with Crippen molar-refractivity contribution in [1.29, 1.82) is 0 Å². The van der Waals surface area contributed by atoms with Gasteiger partial charge >= 0.3 is 0 Å². The second-order valence-corrected chi connectivity index (χ2v) is 4.75. The minimum Gasteiger partial charge on any atom is -0.497 e. The number of ether oxygens (including phenoxy) is 1. The Morgan fingerprint density at radius 2 is 1.72 bits per heavy atom. The molecule has 2 aromatic carbocycles. The van der Waals surface area contributed by atoms with Crippen LogP contribution >= 0.6 is 0 Å². The lowest BCUT2D eigenvalue weighted by molar-refractivity contribution is 0.104. The first-order chi connectivity index (χ1) is 8.61. The summed E-state index contributed by atoms with van der Waals surface area (Å²) in [4.78, 5) is 12.4. The number of carbonyl (C=O) groups excluding carboxylic acids is 1. The maximum absolute atomic E-state index is 12.4. The van der Waals surface area contributed by atoms with Crippen molar-refractivity contribution >= 4 is 5.78 Å². The first-order valence-electron chi connectivity index (χ1n) is 5.96. The smallest absolute Gasteiger partial charge is 0.194 e. The van der Waals surface area contributed by atoms with Crippen molar-refractivity contribution in [2.75, 3.05) is 7.11 Å². The van der Waals surface area contributed by atoms with Crippen LogP contribution in [-0.4, -0.2) is 12.9 Å². The van der Waals surface area contributed by atoms with Crippen LogP contribution in [0.25, 0.3) is 11.1 Å². The fourth-order valence-corrected chi connectivity index (χ4v) is 2.69. The summed E-state index contributed by atoms with van der Waals surface area (Å²) >= 11 is 0. The van der Waals surface area contributed by atoms with E-state index in [0.29, 0.717) is 0 Å². The van der Waals surface area contributed by atoms with E-state index in [9.17, 15) is 4.79 Å². The van der Waals surface area contributed by atoms with E-state index in [2.05, 4.69) is 19.1 Å². The van der Waals surface area contributed by atoms with Crippen LogP contribution in [0.15, 0.2) is 30.3 Å². The fourth-order valence-electron chi connectivity index (χ4n) is 2.69. The molecule has 0 atom stereocenters. The molecule has 0 unspecified atom stereocenters. The summed E-state index contributed by atoms with van der Waals surface area (Å²) < 4.78 is 5.19. The van der Waals surface area contributed by atoms with E-state index in [1.165, 1.54) is 5.56 Å². The van der Waals surface area contributed by atoms with Crippen LogP contribution in [0.5, 0.6) is 5.75 Å². The zero-order valence-electron chi connectivity index (χ0n) is 10.7. The molecule has 3 rings (SSSR count). The third-order valence-electron chi connectivity index (χ3n) is 3.47. The molecule has 0 spiro atoms. The van der Waals surface area contributed by atoms with Crippen molar-refractivity contribution in [1.82, 2.24) is 0 Å². The molecule has 0 aliphatic heterocycles. The first kappa shape index (κ1) is 11.0. The van der Waals surface area contributed by atoms with Crippen LogP contribution in [0.4, 0.5) is 0 Å². The number of benzene rings is 2. The van der Waals surface area contributed by atoms with Gasteiger partial charge in [-0.2, -0.15) is 0 Å². The van der Waals surface area contributed by atoms with Gasteiger partial charge in [-0.15, -0.1) is 0 Å². The normalized spacial score (nSPS) is 12.3. The highest BCUT2D eigenvalue weighted by molar-refractivity contribution is 6.22. The van der Waals surface area contributed by atoms with E-state index in [-0.39, 0.29) is 5.78 Å². The number of methoxy groups -OCH3 is 1. The van der Waals surface area contributed by atoms with Gasteiger partial charge in [-0.1, -0.05) is 17.7 Å². The van der Waals surface area contributed by atoms with Gasteiger partial charge in [0.1, 0.15) is 5.75 Å². The van der Waals surface area contributed by atoms with Crippen molar-refractivity contribution in [3.63, 3.8) is 0 Å². The van der Waals surface area contributed by atoms with Crippen LogP contribution in [-0.2, 0) is 0 Å². The molecule has 2 nitrogen and oxygen atoms in total. The molecule has 0 saturated heterocycles. The standard InChI is InChI=1S/C16H14O2/c1-9-6-10(2)15-13(7-9)12-5-4-11(18-3)8-14(12)16(15)17/h4-8H,1-3H3. The third kappa shape index (κ3) is 1.39. The van der Waals surface area contributed by atoms with E-state index in [1.807, 2.05) is 25.1 Å². The summed E-state index contributed by atoms with van der Waals surface area (Å²) in [6, 6.07) is 9.83. The monoisotopic (exact) mass is 238 g/mol. The van der Waals surface area contributed by atoms with Crippen LogP contribution in [0.1, 0.15) is 27.0 Å². The van der Waals surface area contributed by atoms with Crippen LogP contribution in [0.2, 0.25) is 0 Å². The Morgan fingerprint density at radius 1 is 0.944 bits per heavy atom. The molecule has 0 amide bonds. The maximum atomic E-state index is 12.4. The van der Waals surface area contributed by atoms with Crippen molar-refractivity contribution in [2.24, 2.45) is 0 Å². The molecular weight excluding hydrogens is 224 g/mol. The lowest BCUT2D eigenvalue weighted by Gasteiger charge is -2.05. The summed E-state index contributed by atoms with van der Waals surface area (Å²) in [5.41, 5.74) is 5.88. The third-order valence-corrected chi connectivity index (χ3v) is 3.47. The summed E-state index contributed by atoms with van der Waals surface area (Å²) in [5, 5.41) is 0. The molecule has 1 aliphatic carbocycles. The Morgan fingerprint density at radius 3 is 2.44 bits per heavy atom. The molecule has 1 aliphatic rings. The van der Waals surface area contributed by atoms with Gasteiger partial charge in [0, 0.05) is 11.1 Å². The molecular formula is C16H14O2. The quantitative estimate of drug-likeness (QED) is 0.648. The molecule has 0 heterocycles. The Hall–Kier alpha value is -2.09. The first-order valence-corrected chi connectivity index (χ1v) is 5.96. The van der Waals surface area contributed by atoms with E-state index in [0.717, 1.165) is 33.6 Å². The van der Waals surface area contributed by atoms with Crippen LogP contribution in [0.3, 0.4) is 0 Å². The van der Waals surface area contributed by atoms with Crippen molar-refractivity contribution in [2.45, 2.75) is 13.8 Å². The van der Waals surface area contributed by atoms with E-state index in [4.69, 9.17) is 4.74 Å². The lowest BCUT2D eigenvalue weighted by atomic mass is 9.99. The van der Waals surface area contributed by atoms with E-state index in [1.54, 1.807) is 7.11 Å². The minimum absolute atomic E-state index is 0.108. The minimum atomic E-state index is 0.108. The SMILES string of the molecule is COc1ccc2c(c1)C(=O)c1c(C)cc(C)cc1-2. The van der Waals surface area contributed by atoms with Gasteiger partial charge in [-0.25, -0.2) is 0 Å². The zero-order valence-corrected chi connectivity index (χ0v) is 10.7. The Bertz CT molecular complexity index is 669. The second kappa shape index (κ2) is 3.70. The lowest BCUT2D eigenvalue weighted by Crippen LogP contribution is -1.98. The van der Waals surface area contributed by atoms with E-state index >= 15 is 0 Å². The van der Waals surface area contributed by atoms with Crippen LogP contribution in [0, 0.1) is 13.8 Å². The molecule has 18 heavy (non-hydrogen) atoms. The number of carbonyl (C=O) groups is 1. The maximum Gasteiger partial charge on any atom is 0.194 e. The summed E-state index contributed by atoms with van der Waals surface area (Å²) in [6.45, 7) is 4.05. The number of rotatable bonds is 1. The van der Waals surface area contributed by atoms with E-state index < -0.39 is 0 Å². The Labute approximate surface area is 106 Å². The van der Waals surface area contributed by atoms with Crippen molar-refractivity contribution in [3.05, 3.63) is 52.6 Å². The Kier molecular flexibility index (Phi) is 2.27. The van der Waals surface area contributed by atoms with Crippen LogP contribution < -0.4 is 4.74 Å². The highest BCUT2D eigenvalue weighted by Crippen LogP contribution is 2.40. The van der Waals surface area contributed by atoms with Gasteiger partial charge < -0.3 is 4.74 Å². The van der Waals surface area contributed by atoms with Gasteiger partial charge in [0.25, 0.3) is 0 Å². The second-order valence-electron chi connectivity index (χ2n) is 4.75. The number of aryl methyl sites for hydroxylation is 2. The number of fused-ring (bicyclic) bond motifs is 3. The molecule has 0 aromatic heterocycles. The summed E-state index contributed by atoms with van der Waals surface area (Å²) in [5.74, 6) is 0.834.